The number of likely N-dealkylation sites (N-methyl/N-ethyl adjacent to an activating group) is 1. The SMILES string of the molecule is C=C(CNC)CN1C(=O)C(=O)c2c(F)cc(F)cc21. The second-order valence-corrected chi connectivity index (χ2v) is 4.28. The minimum absolute atomic E-state index is 0.0373. The number of amides is 1. The number of rotatable bonds is 4. The summed E-state index contributed by atoms with van der Waals surface area (Å²) in [4.78, 5) is 24.5. The zero-order valence-corrected chi connectivity index (χ0v) is 10.3. The molecule has 0 atom stereocenters. The summed E-state index contributed by atoms with van der Waals surface area (Å²) in [5.41, 5.74) is 0.217. The molecule has 6 heteroatoms. The first-order valence-electron chi connectivity index (χ1n) is 5.62. The van der Waals surface area contributed by atoms with Crippen LogP contribution in [0.4, 0.5) is 14.5 Å². The predicted octanol–water partition coefficient (Wildman–Crippen LogP) is 1.27. The summed E-state index contributed by atoms with van der Waals surface area (Å²) in [6.07, 6.45) is 0. The monoisotopic (exact) mass is 266 g/mol. The summed E-state index contributed by atoms with van der Waals surface area (Å²) in [7, 11) is 1.70. The van der Waals surface area contributed by atoms with Gasteiger partial charge in [0.05, 0.1) is 11.3 Å². The fourth-order valence-electron chi connectivity index (χ4n) is 2.02. The predicted molar refractivity (Wildman–Crippen MR) is 66.1 cm³/mol. The maximum Gasteiger partial charge on any atom is 0.299 e. The van der Waals surface area contributed by atoms with Crippen LogP contribution in [0.5, 0.6) is 0 Å². The third-order valence-electron chi connectivity index (χ3n) is 2.80. The number of Topliss-reactive ketones (excluding diaryl/α,β-unsaturated/α-hetero) is 1. The van der Waals surface area contributed by atoms with Crippen LogP contribution >= 0.6 is 0 Å². The molecule has 0 saturated carbocycles. The molecule has 1 N–H and O–H groups in total. The minimum Gasteiger partial charge on any atom is -0.316 e. The highest BCUT2D eigenvalue weighted by Crippen LogP contribution is 2.32. The van der Waals surface area contributed by atoms with Crippen molar-refractivity contribution in [2.24, 2.45) is 0 Å². The molecule has 1 amide bonds. The molecule has 19 heavy (non-hydrogen) atoms. The molecule has 0 unspecified atom stereocenters. The van der Waals surface area contributed by atoms with E-state index in [-0.39, 0.29) is 17.8 Å². The molecule has 0 radical (unpaired) electrons. The molecule has 1 heterocycles. The van der Waals surface area contributed by atoms with Gasteiger partial charge in [-0.3, -0.25) is 9.59 Å². The Kier molecular flexibility index (Phi) is 3.44. The molecule has 1 aliphatic rings. The van der Waals surface area contributed by atoms with Crippen molar-refractivity contribution in [1.29, 1.82) is 0 Å². The van der Waals surface area contributed by atoms with E-state index in [0.717, 1.165) is 11.0 Å². The van der Waals surface area contributed by atoms with Gasteiger partial charge in [-0.25, -0.2) is 8.78 Å². The molecule has 1 aliphatic heterocycles. The minimum atomic E-state index is -1.02. The van der Waals surface area contributed by atoms with Crippen LogP contribution in [0.25, 0.3) is 0 Å². The van der Waals surface area contributed by atoms with Crippen LogP contribution in [-0.4, -0.2) is 31.8 Å². The highest BCUT2D eigenvalue weighted by molar-refractivity contribution is 6.52. The van der Waals surface area contributed by atoms with E-state index in [9.17, 15) is 18.4 Å². The molecule has 0 spiro atoms. The van der Waals surface area contributed by atoms with E-state index in [2.05, 4.69) is 11.9 Å². The summed E-state index contributed by atoms with van der Waals surface area (Å²) in [5.74, 6) is -3.67. The molecular weight excluding hydrogens is 254 g/mol. The van der Waals surface area contributed by atoms with Gasteiger partial charge in [0.2, 0.25) is 0 Å². The Labute approximate surface area is 108 Å². The van der Waals surface area contributed by atoms with Crippen molar-refractivity contribution < 1.29 is 18.4 Å². The largest absolute Gasteiger partial charge is 0.316 e. The number of fused-ring (bicyclic) bond motifs is 1. The normalized spacial score (nSPS) is 13.9. The molecule has 0 aromatic heterocycles. The number of nitrogens with one attached hydrogen (secondary N) is 1. The van der Waals surface area contributed by atoms with Crippen molar-refractivity contribution in [1.82, 2.24) is 5.32 Å². The second-order valence-electron chi connectivity index (χ2n) is 4.28. The van der Waals surface area contributed by atoms with Crippen LogP contribution < -0.4 is 10.2 Å². The Bertz CT molecular complexity index is 584. The highest BCUT2D eigenvalue weighted by atomic mass is 19.1. The Morgan fingerprint density at radius 1 is 1.37 bits per heavy atom. The van der Waals surface area contributed by atoms with E-state index in [1.54, 1.807) is 7.05 Å². The van der Waals surface area contributed by atoms with Crippen LogP contribution in [0.15, 0.2) is 24.3 Å². The second kappa shape index (κ2) is 4.89. The van der Waals surface area contributed by atoms with Gasteiger partial charge >= 0.3 is 0 Å². The number of ketones is 1. The third kappa shape index (κ3) is 2.26. The lowest BCUT2D eigenvalue weighted by atomic mass is 10.1. The maximum atomic E-state index is 13.6. The van der Waals surface area contributed by atoms with Crippen LogP contribution in [0.3, 0.4) is 0 Å². The maximum absolute atomic E-state index is 13.6. The summed E-state index contributed by atoms with van der Waals surface area (Å²) in [6.45, 7) is 4.21. The quantitative estimate of drug-likeness (QED) is 0.659. The van der Waals surface area contributed by atoms with Crippen LogP contribution in [0.2, 0.25) is 0 Å². The van der Waals surface area contributed by atoms with Crippen LogP contribution in [0, 0.1) is 11.6 Å². The number of carbonyl (C=O) groups excluding carboxylic acids is 2. The van der Waals surface area contributed by atoms with Crippen molar-refractivity contribution in [2.45, 2.75) is 0 Å². The lowest BCUT2D eigenvalue weighted by Crippen LogP contribution is -2.33. The summed E-state index contributed by atoms with van der Waals surface area (Å²) >= 11 is 0. The summed E-state index contributed by atoms with van der Waals surface area (Å²) in [5, 5.41) is 2.84. The average molecular weight is 266 g/mol. The van der Waals surface area contributed by atoms with E-state index < -0.39 is 23.3 Å². The van der Waals surface area contributed by atoms with E-state index in [0.29, 0.717) is 18.2 Å². The summed E-state index contributed by atoms with van der Waals surface area (Å²) < 4.78 is 26.8. The summed E-state index contributed by atoms with van der Waals surface area (Å²) in [6, 6.07) is 1.57. The smallest absolute Gasteiger partial charge is 0.299 e. The number of benzene rings is 1. The molecule has 2 rings (SSSR count). The molecular formula is C13H12F2N2O2. The zero-order chi connectivity index (χ0) is 14.2. The van der Waals surface area contributed by atoms with E-state index >= 15 is 0 Å². The Morgan fingerprint density at radius 3 is 2.68 bits per heavy atom. The number of anilines is 1. The Hall–Kier alpha value is -2.08. The molecule has 1 aromatic carbocycles. The van der Waals surface area contributed by atoms with Crippen molar-refractivity contribution in [2.75, 3.05) is 25.0 Å². The fourth-order valence-corrected chi connectivity index (χ4v) is 2.02. The first kappa shape index (κ1) is 13.4. The van der Waals surface area contributed by atoms with Gasteiger partial charge in [0.1, 0.15) is 11.6 Å². The van der Waals surface area contributed by atoms with Gasteiger partial charge in [0.25, 0.3) is 11.7 Å². The molecule has 0 bridgehead atoms. The molecule has 1 aromatic rings. The molecule has 4 nitrogen and oxygen atoms in total. The first-order valence-corrected chi connectivity index (χ1v) is 5.62. The van der Waals surface area contributed by atoms with Gasteiger partial charge in [-0.05, 0) is 18.7 Å². The number of nitrogens with zero attached hydrogens (tertiary/aromatic N) is 1. The van der Waals surface area contributed by atoms with Crippen molar-refractivity contribution >= 4 is 17.4 Å². The van der Waals surface area contributed by atoms with Crippen LogP contribution in [-0.2, 0) is 4.79 Å². The lowest BCUT2D eigenvalue weighted by Gasteiger charge is -2.18. The van der Waals surface area contributed by atoms with Crippen molar-refractivity contribution in [3.05, 3.63) is 41.5 Å². The van der Waals surface area contributed by atoms with E-state index in [4.69, 9.17) is 0 Å². The van der Waals surface area contributed by atoms with Gasteiger partial charge in [0, 0.05) is 19.2 Å². The average Bonchev–Trinajstić information content (AvgIpc) is 2.54. The van der Waals surface area contributed by atoms with Gasteiger partial charge in [-0.2, -0.15) is 0 Å². The van der Waals surface area contributed by atoms with Gasteiger partial charge in [-0.1, -0.05) is 6.58 Å². The van der Waals surface area contributed by atoms with Gasteiger partial charge < -0.3 is 10.2 Å². The van der Waals surface area contributed by atoms with Crippen LogP contribution in [0.1, 0.15) is 10.4 Å². The Morgan fingerprint density at radius 2 is 2.05 bits per heavy atom. The number of hydrogen-bond donors (Lipinski definition) is 1. The number of carbonyl (C=O) groups is 2. The highest BCUT2D eigenvalue weighted by Gasteiger charge is 2.38. The zero-order valence-electron chi connectivity index (χ0n) is 10.3. The molecule has 0 saturated heterocycles. The molecule has 0 aliphatic carbocycles. The number of hydrogen-bond acceptors (Lipinski definition) is 3. The molecule has 0 fully saturated rings. The van der Waals surface area contributed by atoms with Crippen molar-refractivity contribution in [3.63, 3.8) is 0 Å². The lowest BCUT2D eigenvalue weighted by molar-refractivity contribution is -0.114. The van der Waals surface area contributed by atoms with E-state index in [1.807, 2.05) is 0 Å². The standard InChI is InChI=1S/C13H12F2N2O2/c1-7(5-16-2)6-17-10-4-8(14)3-9(15)11(10)12(18)13(17)19/h3-4,16H,1,5-6H2,2H3. The third-order valence-corrected chi connectivity index (χ3v) is 2.80. The number of halogens is 2. The Balaban J connectivity index is 2.41. The van der Waals surface area contributed by atoms with Gasteiger partial charge in [-0.15, -0.1) is 0 Å². The van der Waals surface area contributed by atoms with E-state index in [1.165, 1.54) is 0 Å². The topological polar surface area (TPSA) is 49.4 Å². The van der Waals surface area contributed by atoms with Crippen molar-refractivity contribution in [3.8, 4) is 0 Å². The fraction of sp³-hybridized carbons (Fsp3) is 0.231. The van der Waals surface area contributed by atoms with Gasteiger partial charge in [0.15, 0.2) is 0 Å². The first-order chi connectivity index (χ1) is 8.95. The molecule has 100 valence electrons.